The molecule has 0 unspecified atom stereocenters. The quantitative estimate of drug-likeness (QED) is 0.747. The number of nitrogens with zero attached hydrogens (tertiary/aromatic N) is 2. The van der Waals surface area contributed by atoms with Gasteiger partial charge in [-0.3, -0.25) is 4.79 Å². The van der Waals surface area contributed by atoms with E-state index < -0.39 is 0 Å². The molecular weight excluding hydrogens is 224 g/mol. The van der Waals surface area contributed by atoms with Crippen LogP contribution in [0.2, 0.25) is 0 Å². The van der Waals surface area contributed by atoms with Gasteiger partial charge in [0.15, 0.2) is 5.78 Å². The number of rotatable bonds is 5. The van der Waals surface area contributed by atoms with Gasteiger partial charge in [0.25, 0.3) is 0 Å². The van der Waals surface area contributed by atoms with Crippen molar-refractivity contribution in [2.24, 2.45) is 5.92 Å². The van der Waals surface area contributed by atoms with Crippen LogP contribution in [0.25, 0.3) is 0 Å². The van der Waals surface area contributed by atoms with E-state index in [-0.39, 0.29) is 5.78 Å². The lowest BCUT2D eigenvalue weighted by molar-refractivity contribution is 0.101. The fourth-order valence-electron chi connectivity index (χ4n) is 1.79. The number of ketones is 1. The Morgan fingerprint density at radius 3 is 2.61 bits per heavy atom. The van der Waals surface area contributed by atoms with Gasteiger partial charge in [0.05, 0.1) is 11.6 Å². The summed E-state index contributed by atoms with van der Waals surface area (Å²) in [7, 11) is 1.96. The normalized spacial score (nSPS) is 10.2. The zero-order chi connectivity index (χ0) is 13.7. The van der Waals surface area contributed by atoms with Crippen LogP contribution in [-0.4, -0.2) is 19.4 Å². The average Bonchev–Trinajstić information content (AvgIpc) is 2.34. The van der Waals surface area contributed by atoms with Gasteiger partial charge in [0, 0.05) is 24.8 Å². The highest BCUT2D eigenvalue weighted by atomic mass is 16.1. The molecule has 0 bridgehead atoms. The van der Waals surface area contributed by atoms with Crippen LogP contribution >= 0.6 is 0 Å². The van der Waals surface area contributed by atoms with Gasteiger partial charge in [-0.1, -0.05) is 13.8 Å². The van der Waals surface area contributed by atoms with Crippen LogP contribution in [0.1, 0.15) is 43.1 Å². The number of nitriles is 1. The molecule has 0 aliphatic carbocycles. The Balaban J connectivity index is 3.03. The Morgan fingerprint density at radius 2 is 2.11 bits per heavy atom. The lowest BCUT2D eigenvalue weighted by Crippen LogP contribution is -2.22. The predicted octanol–water partition coefficient (Wildman–Crippen LogP) is 3.24. The summed E-state index contributed by atoms with van der Waals surface area (Å²) in [6, 6.07) is 7.33. The summed E-state index contributed by atoms with van der Waals surface area (Å²) in [4.78, 5) is 13.7. The van der Waals surface area contributed by atoms with Crippen molar-refractivity contribution < 1.29 is 4.79 Å². The molecule has 1 aromatic carbocycles. The standard InChI is InChI=1S/C15H20N2O/c1-11(2)7-8-17(4)15-9-13(10-16)5-6-14(15)12(3)18/h5-6,9,11H,7-8H2,1-4H3. The Labute approximate surface area is 109 Å². The third kappa shape index (κ3) is 3.59. The number of hydrogen-bond acceptors (Lipinski definition) is 3. The monoisotopic (exact) mass is 244 g/mol. The minimum absolute atomic E-state index is 0.0332. The highest BCUT2D eigenvalue weighted by Gasteiger charge is 2.12. The first-order valence-corrected chi connectivity index (χ1v) is 6.22. The zero-order valence-electron chi connectivity index (χ0n) is 11.5. The first-order valence-electron chi connectivity index (χ1n) is 6.22. The molecule has 1 rings (SSSR count). The molecular formula is C15H20N2O. The largest absolute Gasteiger partial charge is 0.374 e. The van der Waals surface area contributed by atoms with Crippen LogP contribution in [0.5, 0.6) is 0 Å². The summed E-state index contributed by atoms with van der Waals surface area (Å²) in [5.41, 5.74) is 2.12. The number of benzene rings is 1. The van der Waals surface area contributed by atoms with Gasteiger partial charge in [0.1, 0.15) is 0 Å². The fraction of sp³-hybridized carbons (Fsp3) is 0.467. The summed E-state index contributed by atoms with van der Waals surface area (Å²) < 4.78 is 0. The van der Waals surface area contributed by atoms with E-state index in [1.54, 1.807) is 25.1 Å². The van der Waals surface area contributed by atoms with E-state index in [2.05, 4.69) is 24.8 Å². The Kier molecular flexibility index (Phi) is 4.91. The molecule has 18 heavy (non-hydrogen) atoms. The summed E-state index contributed by atoms with van der Waals surface area (Å²) in [6.07, 6.45) is 1.06. The molecule has 0 amide bonds. The smallest absolute Gasteiger partial charge is 0.161 e. The van der Waals surface area contributed by atoms with Gasteiger partial charge in [-0.2, -0.15) is 5.26 Å². The molecule has 0 aromatic heterocycles. The molecule has 3 heteroatoms. The number of anilines is 1. The molecule has 0 spiro atoms. The highest BCUT2D eigenvalue weighted by Crippen LogP contribution is 2.22. The maximum Gasteiger partial charge on any atom is 0.161 e. The molecule has 3 nitrogen and oxygen atoms in total. The average molecular weight is 244 g/mol. The van der Waals surface area contributed by atoms with Crippen LogP contribution in [0.3, 0.4) is 0 Å². The van der Waals surface area contributed by atoms with Gasteiger partial charge >= 0.3 is 0 Å². The first-order chi connectivity index (χ1) is 8.45. The van der Waals surface area contributed by atoms with Crippen molar-refractivity contribution in [3.05, 3.63) is 29.3 Å². The minimum Gasteiger partial charge on any atom is -0.374 e. The van der Waals surface area contributed by atoms with Crippen molar-refractivity contribution in [3.8, 4) is 6.07 Å². The Hall–Kier alpha value is -1.82. The van der Waals surface area contributed by atoms with Crippen LogP contribution in [0, 0.1) is 17.2 Å². The van der Waals surface area contributed by atoms with Crippen LogP contribution < -0.4 is 4.90 Å². The fourth-order valence-corrected chi connectivity index (χ4v) is 1.79. The molecule has 0 atom stereocenters. The molecule has 0 aliphatic rings. The summed E-state index contributed by atoms with van der Waals surface area (Å²) >= 11 is 0. The second-order valence-corrected chi connectivity index (χ2v) is 5.00. The third-order valence-corrected chi connectivity index (χ3v) is 2.96. The van der Waals surface area contributed by atoms with Gasteiger partial charge in [-0.05, 0) is 37.5 Å². The van der Waals surface area contributed by atoms with E-state index in [1.807, 2.05) is 7.05 Å². The van der Waals surface area contributed by atoms with E-state index in [0.29, 0.717) is 17.0 Å². The Bertz CT molecular complexity index is 472. The van der Waals surface area contributed by atoms with E-state index in [4.69, 9.17) is 5.26 Å². The van der Waals surface area contributed by atoms with Crippen molar-refractivity contribution in [2.45, 2.75) is 27.2 Å². The molecule has 1 aromatic rings. The number of carbonyl (C=O) groups excluding carboxylic acids is 1. The van der Waals surface area contributed by atoms with E-state index in [1.165, 1.54) is 0 Å². The summed E-state index contributed by atoms with van der Waals surface area (Å²) in [5.74, 6) is 0.651. The summed E-state index contributed by atoms with van der Waals surface area (Å²) in [6.45, 7) is 6.78. The second-order valence-electron chi connectivity index (χ2n) is 5.00. The highest BCUT2D eigenvalue weighted by molar-refractivity contribution is 5.99. The molecule has 0 heterocycles. The number of hydrogen-bond donors (Lipinski definition) is 0. The van der Waals surface area contributed by atoms with E-state index in [9.17, 15) is 4.79 Å². The summed E-state index contributed by atoms with van der Waals surface area (Å²) in [5, 5.41) is 8.94. The predicted molar refractivity (Wildman–Crippen MR) is 73.9 cm³/mol. The van der Waals surface area contributed by atoms with Crippen molar-refractivity contribution in [3.63, 3.8) is 0 Å². The van der Waals surface area contributed by atoms with Crippen molar-refractivity contribution in [2.75, 3.05) is 18.5 Å². The van der Waals surface area contributed by atoms with Crippen molar-refractivity contribution >= 4 is 11.5 Å². The van der Waals surface area contributed by atoms with Crippen LogP contribution in [0.4, 0.5) is 5.69 Å². The SMILES string of the molecule is CC(=O)c1ccc(C#N)cc1N(C)CCC(C)C. The van der Waals surface area contributed by atoms with E-state index >= 15 is 0 Å². The van der Waals surface area contributed by atoms with Crippen LogP contribution in [-0.2, 0) is 0 Å². The lowest BCUT2D eigenvalue weighted by atomic mass is 10.0. The minimum atomic E-state index is 0.0332. The van der Waals surface area contributed by atoms with Crippen molar-refractivity contribution in [1.82, 2.24) is 0 Å². The van der Waals surface area contributed by atoms with Crippen LogP contribution in [0.15, 0.2) is 18.2 Å². The maximum atomic E-state index is 11.6. The second kappa shape index (κ2) is 6.20. The maximum absolute atomic E-state index is 11.6. The molecule has 0 aliphatic heterocycles. The molecule has 96 valence electrons. The molecule has 0 saturated heterocycles. The van der Waals surface area contributed by atoms with Gasteiger partial charge < -0.3 is 4.90 Å². The molecule has 0 saturated carbocycles. The third-order valence-electron chi connectivity index (χ3n) is 2.96. The number of carbonyl (C=O) groups is 1. The van der Waals surface area contributed by atoms with Gasteiger partial charge in [0.2, 0.25) is 0 Å². The molecule has 0 N–H and O–H groups in total. The zero-order valence-corrected chi connectivity index (χ0v) is 11.5. The van der Waals surface area contributed by atoms with Crippen molar-refractivity contribution in [1.29, 1.82) is 5.26 Å². The lowest BCUT2D eigenvalue weighted by Gasteiger charge is -2.22. The van der Waals surface area contributed by atoms with Gasteiger partial charge in [-0.25, -0.2) is 0 Å². The topological polar surface area (TPSA) is 44.1 Å². The van der Waals surface area contributed by atoms with Gasteiger partial charge in [-0.15, -0.1) is 0 Å². The van der Waals surface area contributed by atoms with E-state index in [0.717, 1.165) is 18.7 Å². The molecule has 0 fully saturated rings. The Morgan fingerprint density at radius 1 is 1.44 bits per heavy atom. The first kappa shape index (κ1) is 14.2. The molecule has 0 radical (unpaired) electrons. The number of Topliss-reactive ketones (excluding diaryl/α,β-unsaturated/α-hetero) is 1.